The van der Waals surface area contributed by atoms with Crippen LogP contribution >= 0.6 is 0 Å². The number of pyridine rings is 2. The van der Waals surface area contributed by atoms with E-state index < -0.39 is 11.7 Å². The number of hydrogen-bond acceptors (Lipinski definition) is 4. The summed E-state index contributed by atoms with van der Waals surface area (Å²) in [4.78, 5) is 16.2. The minimum atomic E-state index is -4.40. The van der Waals surface area contributed by atoms with E-state index in [1.54, 1.807) is 12.3 Å². The zero-order valence-corrected chi connectivity index (χ0v) is 14.7. The molecule has 1 fully saturated rings. The second kappa shape index (κ2) is 7.17. The van der Waals surface area contributed by atoms with Crippen LogP contribution in [-0.2, 0) is 6.18 Å². The van der Waals surface area contributed by atoms with Gasteiger partial charge in [0.15, 0.2) is 0 Å². The third-order valence-corrected chi connectivity index (χ3v) is 4.97. The zero-order chi connectivity index (χ0) is 18.9. The molecule has 142 valence electrons. The molecule has 2 N–H and O–H groups in total. The summed E-state index contributed by atoms with van der Waals surface area (Å²) in [5.74, 6) is 2.24. The lowest BCUT2D eigenvalue weighted by Crippen LogP contribution is -2.06. The standard InChI is InChI=1S/C19H20F3N5/c20-19(21,22)13-7-8-16(23-10-13)27-17-9-14-15(11-24-17)26-18(25-14)12-5-3-1-2-4-6-12/h7-12H,1-6H2,(H,25,26)(H,23,24,27). The molecule has 0 spiro atoms. The van der Waals surface area contributed by atoms with E-state index in [2.05, 4.69) is 20.3 Å². The van der Waals surface area contributed by atoms with Gasteiger partial charge >= 0.3 is 6.18 Å². The highest BCUT2D eigenvalue weighted by Crippen LogP contribution is 2.32. The van der Waals surface area contributed by atoms with E-state index in [1.165, 1.54) is 31.7 Å². The number of nitrogens with zero attached hydrogens (tertiary/aromatic N) is 3. The fourth-order valence-electron chi connectivity index (χ4n) is 3.51. The Kier molecular flexibility index (Phi) is 4.72. The molecule has 0 aromatic carbocycles. The lowest BCUT2D eigenvalue weighted by molar-refractivity contribution is -0.137. The number of alkyl halides is 3. The van der Waals surface area contributed by atoms with Crippen molar-refractivity contribution in [1.29, 1.82) is 0 Å². The molecule has 0 amide bonds. The number of nitrogens with one attached hydrogen (secondary N) is 2. The van der Waals surface area contributed by atoms with E-state index in [9.17, 15) is 13.2 Å². The summed E-state index contributed by atoms with van der Waals surface area (Å²) in [7, 11) is 0. The van der Waals surface area contributed by atoms with Crippen LogP contribution in [0.1, 0.15) is 55.8 Å². The van der Waals surface area contributed by atoms with Gasteiger partial charge in [0, 0.05) is 18.2 Å². The van der Waals surface area contributed by atoms with Crippen molar-refractivity contribution in [3.63, 3.8) is 0 Å². The van der Waals surface area contributed by atoms with Crippen LogP contribution in [0.25, 0.3) is 11.0 Å². The number of hydrogen-bond donors (Lipinski definition) is 2. The molecule has 1 aliphatic carbocycles. The van der Waals surface area contributed by atoms with Crippen molar-refractivity contribution in [3.8, 4) is 0 Å². The predicted octanol–water partition coefficient (Wildman–Crippen LogP) is 5.55. The van der Waals surface area contributed by atoms with Crippen molar-refractivity contribution < 1.29 is 13.2 Å². The van der Waals surface area contributed by atoms with Gasteiger partial charge < -0.3 is 10.3 Å². The van der Waals surface area contributed by atoms with Gasteiger partial charge in [0.25, 0.3) is 0 Å². The molecule has 1 aliphatic rings. The maximum Gasteiger partial charge on any atom is 0.417 e. The van der Waals surface area contributed by atoms with Gasteiger partial charge in [-0.25, -0.2) is 15.0 Å². The summed E-state index contributed by atoms with van der Waals surface area (Å²) >= 11 is 0. The average molecular weight is 375 g/mol. The van der Waals surface area contributed by atoms with Gasteiger partial charge in [0.1, 0.15) is 17.5 Å². The molecule has 8 heteroatoms. The highest BCUT2D eigenvalue weighted by atomic mass is 19.4. The summed E-state index contributed by atoms with van der Waals surface area (Å²) in [6.45, 7) is 0. The van der Waals surface area contributed by atoms with Crippen LogP contribution in [-0.4, -0.2) is 19.9 Å². The number of aromatic nitrogens is 4. The van der Waals surface area contributed by atoms with E-state index in [4.69, 9.17) is 4.98 Å². The Morgan fingerprint density at radius 2 is 1.70 bits per heavy atom. The number of H-pyrrole nitrogens is 1. The molecule has 0 atom stereocenters. The van der Waals surface area contributed by atoms with E-state index in [1.807, 2.05) is 0 Å². The first kappa shape index (κ1) is 17.8. The Balaban J connectivity index is 1.53. The smallest absolute Gasteiger partial charge is 0.340 e. The van der Waals surface area contributed by atoms with Crippen LogP contribution in [0.5, 0.6) is 0 Å². The quantitative estimate of drug-likeness (QED) is 0.589. The number of halogens is 3. The monoisotopic (exact) mass is 375 g/mol. The normalized spacial score (nSPS) is 16.4. The number of anilines is 2. The number of rotatable bonds is 3. The average Bonchev–Trinajstić information content (AvgIpc) is 2.86. The first-order chi connectivity index (χ1) is 13.0. The van der Waals surface area contributed by atoms with Gasteiger partial charge in [-0.3, -0.25) is 0 Å². The number of aromatic amines is 1. The van der Waals surface area contributed by atoms with Crippen LogP contribution in [0.3, 0.4) is 0 Å². The highest BCUT2D eigenvalue weighted by molar-refractivity contribution is 5.78. The molecular weight excluding hydrogens is 355 g/mol. The molecule has 27 heavy (non-hydrogen) atoms. The Hall–Kier alpha value is -2.64. The van der Waals surface area contributed by atoms with Gasteiger partial charge in [0.05, 0.1) is 22.8 Å². The fraction of sp³-hybridized carbons (Fsp3) is 0.421. The summed E-state index contributed by atoms with van der Waals surface area (Å²) in [5, 5.41) is 2.93. The molecule has 3 aromatic heterocycles. The van der Waals surface area contributed by atoms with E-state index in [-0.39, 0.29) is 0 Å². The number of fused-ring (bicyclic) bond motifs is 1. The fourth-order valence-corrected chi connectivity index (χ4v) is 3.51. The minimum absolute atomic E-state index is 0.300. The van der Waals surface area contributed by atoms with Crippen molar-refractivity contribution in [2.24, 2.45) is 0 Å². The molecule has 0 saturated heterocycles. The van der Waals surface area contributed by atoms with Crippen LogP contribution in [0.15, 0.2) is 30.6 Å². The van der Waals surface area contributed by atoms with E-state index in [0.717, 1.165) is 42.0 Å². The molecule has 3 heterocycles. The first-order valence-corrected chi connectivity index (χ1v) is 9.15. The summed E-state index contributed by atoms with van der Waals surface area (Å²) < 4.78 is 37.9. The number of imidazole rings is 1. The largest absolute Gasteiger partial charge is 0.417 e. The third-order valence-electron chi connectivity index (χ3n) is 4.97. The van der Waals surface area contributed by atoms with Crippen molar-refractivity contribution in [2.75, 3.05) is 5.32 Å². The molecule has 1 saturated carbocycles. The Morgan fingerprint density at radius 1 is 0.963 bits per heavy atom. The lowest BCUT2D eigenvalue weighted by atomic mass is 10.00. The Morgan fingerprint density at radius 3 is 2.37 bits per heavy atom. The minimum Gasteiger partial charge on any atom is -0.340 e. The summed E-state index contributed by atoms with van der Waals surface area (Å²) in [5.41, 5.74) is 0.871. The lowest BCUT2D eigenvalue weighted by Gasteiger charge is -2.09. The van der Waals surface area contributed by atoms with Crippen molar-refractivity contribution >= 4 is 22.7 Å². The Bertz CT molecular complexity index is 909. The molecule has 5 nitrogen and oxygen atoms in total. The molecule has 0 radical (unpaired) electrons. The molecule has 0 unspecified atom stereocenters. The van der Waals surface area contributed by atoms with Gasteiger partial charge in [-0.1, -0.05) is 25.7 Å². The van der Waals surface area contributed by atoms with Crippen molar-refractivity contribution in [2.45, 2.75) is 50.6 Å². The van der Waals surface area contributed by atoms with E-state index in [0.29, 0.717) is 17.6 Å². The maximum atomic E-state index is 12.6. The second-order valence-corrected chi connectivity index (χ2v) is 6.95. The van der Waals surface area contributed by atoms with Crippen molar-refractivity contribution in [3.05, 3.63) is 42.0 Å². The first-order valence-electron chi connectivity index (χ1n) is 9.15. The zero-order valence-electron chi connectivity index (χ0n) is 14.7. The molecular formula is C19H20F3N5. The maximum absolute atomic E-state index is 12.6. The Labute approximate surface area is 154 Å². The summed E-state index contributed by atoms with van der Waals surface area (Å²) in [6, 6.07) is 4.06. The predicted molar refractivity (Wildman–Crippen MR) is 96.9 cm³/mol. The van der Waals surface area contributed by atoms with Crippen LogP contribution in [0, 0.1) is 0 Å². The van der Waals surface area contributed by atoms with Gasteiger partial charge in [-0.15, -0.1) is 0 Å². The molecule has 0 aliphatic heterocycles. The van der Waals surface area contributed by atoms with Gasteiger partial charge in [0.2, 0.25) is 0 Å². The van der Waals surface area contributed by atoms with Crippen LogP contribution in [0.2, 0.25) is 0 Å². The third kappa shape index (κ3) is 4.04. The highest BCUT2D eigenvalue weighted by Gasteiger charge is 2.30. The topological polar surface area (TPSA) is 66.5 Å². The van der Waals surface area contributed by atoms with Crippen LogP contribution < -0.4 is 5.32 Å². The second-order valence-electron chi connectivity index (χ2n) is 6.95. The van der Waals surface area contributed by atoms with Gasteiger partial charge in [-0.05, 0) is 25.0 Å². The molecule has 0 bridgehead atoms. The molecule has 3 aromatic rings. The SMILES string of the molecule is FC(F)(F)c1ccc(Nc2cc3nc(C4CCCCCC4)[nH]c3cn2)nc1. The van der Waals surface area contributed by atoms with Gasteiger partial charge in [-0.2, -0.15) is 13.2 Å². The van der Waals surface area contributed by atoms with Crippen molar-refractivity contribution in [1.82, 2.24) is 19.9 Å². The summed E-state index contributed by atoms with van der Waals surface area (Å²) in [6.07, 6.45) is 5.42. The van der Waals surface area contributed by atoms with Crippen LogP contribution in [0.4, 0.5) is 24.8 Å². The molecule has 4 rings (SSSR count). The van der Waals surface area contributed by atoms with E-state index >= 15 is 0 Å².